The van der Waals surface area contributed by atoms with Crippen LogP contribution in [0.5, 0.6) is 0 Å². The van der Waals surface area contributed by atoms with E-state index in [1.165, 1.54) is 18.5 Å². The molecule has 2 heterocycles. The van der Waals surface area contributed by atoms with Crippen LogP contribution in [0.15, 0.2) is 33.9 Å². The number of furan rings is 1. The first-order valence-corrected chi connectivity index (χ1v) is 7.53. The lowest BCUT2D eigenvalue weighted by atomic mass is 10.1. The summed E-state index contributed by atoms with van der Waals surface area (Å²) in [7, 11) is 3.52. The molecule has 0 atom stereocenters. The van der Waals surface area contributed by atoms with E-state index in [2.05, 4.69) is 25.7 Å². The molecule has 1 aromatic carbocycles. The van der Waals surface area contributed by atoms with E-state index in [1.54, 1.807) is 17.8 Å². The second kappa shape index (κ2) is 6.69. The summed E-state index contributed by atoms with van der Waals surface area (Å²) in [6, 6.07) is 4.52. The molecule has 0 bridgehead atoms. The van der Waals surface area contributed by atoms with Crippen molar-refractivity contribution in [2.24, 2.45) is 12.0 Å². The van der Waals surface area contributed by atoms with Crippen LogP contribution in [0.3, 0.4) is 0 Å². The molecule has 0 fully saturated rings. The fraction of sp³-hybridized carbons (Fsp3) is 0.312. The van der Waals surface area contributed by atoms with Crippen LogP contribution < -0.4 is 10.6 Å². The Hall–Kier alpha value is -2.90. The highest BCUT2D eigenvalue weighted by molar-refractivity contribution is 5.83. The Bertz CT molecular complexity index is 882. The second-order valence-electron chi connectivity index (χ2n) is 5.37. The lowest BCUT2D eigenvalue weighted by molar-refractivity contribution is 0.533. The molecule has 3 rings (SSSR count). The molecule has 0 saturated heterocycles. The van der Waals surface area contributed by atoms with Gasteiger partial charge in [0.15, 0.2) is 5.96 Å². The van der Waals surface area contributed by atoms with Crippen LogP contribution in [0.4, 0.5) is 4.39 Å². The summed E-state index contributed by atoms with van der Waals surface area (Å²) in [5.41, 5.74) is 1.59. The fourth-order valence-corrected chi connectivity index (χ4v) is 2.44. The molecule has 0 saturated carbocycles. The maximum atomic E-state index is 13.4. The smallest absolute Gasteiger partial charge is 0.191 e. The molecule has 2 N–H and O–H groups in total. The van der Waals surface area contributed by atoms with Crippen molar-refractivity contribution >= 4 is 16.9 Å². The first-order chi connectivity index (χ1) is 11.6. The van der Waals surface area contributed by atoms with Gasteiger partial charge in [0, 0.05) is 25.0 Å². The molecule has 0 aliphatic carbocycles. The third-order valence-corrected chi connectivity index (χ3v) is 3.86. The van der Waals surface area contributed by atoms with Crippen LogP contribution in [0, 0.1) is 12.7 Å². The Morgan fingerprint density at radius 2 is 2.12 bits per heavy atom. The Balaban J connectivity index is 1.65. The van der Waals surface area contributed by atoms with Crippen molar-refractivity contribution in [1.29, 1.82) is 0 Å². The number of halogens is 1. The van der Waals surface area contributed by atoms with E-state index in [-0.39, 0.29) is 5.82 Å². The van der Waals surface area contributed by atoms with E-state index in [1.807, 2.05) is 14.0 Å². The second-order valence-corrected chi connectivity index (χ2v) is 5.37. The third-order valence-electron chi connectivity index (χ3n) is 3.86. The van der Waals surface area contributed by atoms with Crippen LogP contribution >= 0.6 is 0 Å². The lowest BCUT2D eigenvalue weighted by Gasteiger charge is -2.10. The van der Waals surface area contributed by atoms with Gasteiger partial charge >= 0.3 is 0 Å². The summed E-state index contributed by atoms with van der Waals surface area (Å²) in [6.07, 6.45) is 1.50. The Morgan fingerprint density at radius 1 is 1.33 bits per heavy atom. The average Bonchev–Trinajstić information content (AvgIpc) is 3.12. The highest BCUT2D eigenvalue weighted by Gasteiger charge is 2.12. The Labute approximate surface area is 138 Å². The number of nitrogens with one attached hydrogen (secondary N) is 2. The maximum absolute atomic E-state index is 13.4. The molecule has 0 spiro atoms. The van der Waals surface area contributed by atoms with Gasteiger partial charge in [0.25, 0.3) is 0 Å². The number of fused-ring (bicyclic) bond motifs is 1. The molecule has 0 unspecified atom stereocenters. The SMILES string of the molecule is CN=C(NCc1oc2ccc(F)cc2c1C)NCc1ncnn1C. The van der Waals surface area contributed by atoms with E-state index >= 15 is 0 Å². The van der Waals surface area contributed by atoms with Crippen LogP contribution in [-0.4, -0.2) is 27.8 Å². The van der Waals surface area contributed by atoms with Gasteiger partial charge in [-0.15, -0.1) is 0 Å². The number of benzene rings is 1. The topological polar surface area (TPSA) is 80.3 Å². The number of rotatable bonds is 4. The van der Waals surface area contributed by atoms with Gasteiger partial charge in [-0.2, -0.15) is 5.10 Å². The van der Waals surface area contributed by atoms with Crippen molar-refractivity contribution in [2.75, 3.05) is 7.05 Å². The highest BCUT2D eigenvalue weighted by atomic mass is 19.1. The molecular formula is C16H19FN6O. The fourth-order valence-electron chi connectivity index (χ4n) is 2.44. The molecule has 126 valence electrons. The van der Waals surface area contributed by atoms with Crippen LogP contribution in [0.1, 0.15) is 17.1 Å². The van der Waals surface area contributed by atoms with E-state index in [4.69, 9.17) is 4.42 Å². The normalized spacial score (nSPS) is 11.9. The van der Waals surface area contributed by atoms with E-state index < -0.39 is 0 Å². The third kappa shape index (κ3) is 3.22. The molecule has 0 aliphatic rings. The number of aromatic nitrogens is 3. The predicted molar refractivity (Wildman–Crippen MR) is 89.0 cm³/mol. The van der Waals surface area contributed by atoms with Crippen LogP contribution in [0.2, 0.25) is 0 Å². The summed E-state index contributed by atoms with van der Waals surface area (Å²) in [5, 5.41) is 11.1. The number of aliphatic imine (C=N–C) groups is 1. The van der Waals surface area contributed by atoms with Crippen molar-refractivity contribution in [2.45, 2.75) is 20.0 Å². The van der Waals surface area contributed by atoms with Crippen molar-refractivity contribution in [1.82, 2.24) is 25.4 Å². The maximum Gasteiger partial charge on any atom is 0.191 e. The zero-order valence-corrected chi connectivity index (χ0v) is 13.8. The van der Waals surface area contributed by atoms with E-state index in [9.17, 15) is 4.39 Å². The zero-order chi connectivity index (χ0) is 17.1. The first-order valence-electron chi connectivity index (χ1n) is 7.53. The van der Waals surface area contributed by atoms with Gasteiger partial charge in [0.05, 0.1) is 13.1 Å². The minimum Gasteiger partial charge on any atom is -0.459 e. The van der Waals surface area contributed by atoms with Crippen molar-refractivity contribution < 1.29 is 8.81 Å². The van der Waals surface area contributed by atoms with Crippen molar-refractivity contribution in [3.63, 3.8) is 0 Å². The minimum absolute atomic E-state index is 0.271. The minimum atomic E-state index is -0.271. The molecule has 0 aliphatic heterocycles. The molecule has 7 nitrogen and oxygen atoms in total. The van der Waals surface area contributed by atoms with Crippen LogP contribution in [-0.2, 0) is 20.1 Å². The number of nitrogens with zero attached hydrogens (tertiary/aromatic N) is 4. The van der Waals surface area contributed by atoms with Gasteiger partial charge in [0.1, 0.15) is 29.3 Å². The summed E-state index contributed by atoms with van der Waals surface area (Å²) in [5.74, 6) is 1.89. The number of hydrogen-bond donors (Lipinski definition) is 2. The highest BCUT2D eigenvalue weighted by Crippen LogP contribution is 2.25. The van der Waals surface area contributed by atoms with E-state index in [0.717, 1.165) is 22.5 Å². The summed E-state index contributed by atoms with van der Waals surface area (Å²) < 4.78 is 20.8. The predicted octanol–water partition coefficient (Wildman–Crippen LogP) is 1.87. The monoisotopic (exact) mass is 330 g/mol. The molecule has 2 aromatic heterocycles. The molecule has 8 heteroatoms. The van der Waals surface area contributed by atoms with Gasteiger partial charge in [-0.05, 0) is 25.1 Å². The van der Waals surface area contributed by atoms with Crippen molar-refractivity contribution in [3.05, 3.63) is 47.5 Å². The quantitative estimate of drug-likeness (QED) is 0.564. The molecule has 0 radical (unpaired) electrons. The van der Waals surface area contributed by atoms with Crippen LogP contribution in [0.25, 0.3) is 11.0 Å². The Morgan fingerprint density at radius 3 is 2.83 bits per heavy atom. The summed E-state index contributed by atoms with van der Waals surface area (Å²) >= 11 is 0. The van der Waals surface area contributed by atoms with Gasteiger partial charge in [-0.25, -0.2) is 9.37 Å². The Kier molecular flexibility index (Phi) is 4.45. The number of aryl methyl sites for hydroxylation is 2. The largest absolute Gasteiger partial charge is 0.459 e. The first kappa shape index (κ1) is 16.0. The van der Waals surface area contributed by atoms with Gasteiger partial charge < -0.3 is 15.1 Å². The van der Waals surface area contributed by atoms with Gasteiger partial charge in [0.2, 0.25) is 0 Å². The lowest BCUT2D eigenvalue weighted by Crippen LogP contribution is -2.37. The molecule has 0 amide bonds. The summed E-state index contributed by atoms with van der Waals surface area (Å²) in [6.45, 7) is 2.86. The standard InChI is InChI=1S/C16H19FN6O/c1-10-12-6-11(17)4-5-13(12)24-14(10)7-19-16(18-2)20-8-15-21-9-22-23(15)3/h4-6,9H,7-8H2,1-3H3,(H2,18,19,20). The molecule has 24 heavy (non-hydrogen) atoms. The number of hydrogen-bond acceptors (Lipinski definition) is 4. The zero-order valence-electron chi connectivity index (χ0n) is 13.8. The molecular weight excluding hydrogens is 311 g/mol. The van der Waals surface area contributed by atoms with Gasteiger partial charge in [-0.3, -0.25) is 9.67 Å². The van der Waals surface area contributed by atoms with Gasteiger partial charge in [-0.1, -0.05) is 0 Å². The van der Waals surface area contributed by atoms with Crippen molar-refractivity contribution in [3.8, 4) is 0 Å². The average molecular weight is 330 g/mol. The van der Waals surface area contributed by atoms with E-state index in [0.29, 0.717) is 24.6 Å². The summed E-state index contributed by atoms with van der Waals surface area (Å²) in [4.78, 5) is 8.31. The number of guanidine groups is 1. The molecule has 3 aromatic rings.